The van der Waals surface area contributed by atoms with Crippen LogP contribution >= 0.6 is 0 Å². The molecule has 0 spiro atoms. The minimum atomic E-state index is -1.23. The van der Waals surface area contributed by atoms with Gasteiger partial charge in [-0.2, -0.15) is 0 Å². The first kappa shape index (κ1) is 51.4. The molecule has 364 valence electrons. The Morgan fingerprint density at radius 3 is 1.29 bits per heavy atom. The molecular formula is C55H65N5O9. The maximum atomic E-state index is 14.7. The summed E-state index contributed by atoms with van der Waals surface area (Å²) >= 11 is 0. The summed E-state index contributed by atoms with van der Waals surface area (Å²) < 4.78 is 23.2. The highest BCUT2D eigenvalue weighted by Crippen LogP contribution is 2.21. The number of hydrogen-bond acceptors (Lipinski definition) is 10. The third kappa shape index (κ3) is 16.6. The van der Waals surface area contributed by atoms with Crippen LogP contribution in [-0.4, -0.2) is 91.4 Å². The lowest BCUT2D eigenvalue weighted by Gasteiger charge is -2.36. The summed E-state index contributed by atoms with van der Waals surface area (Å²) in [5.41, 5.74) is 4.45. The Bertz CT molecular complexity index is 2240. The summed E-state index contributed by atoms with van der Waals surface area (Å²) in [4.78, 5) is 72.7. The summed E-state index contributed by atoms with van der Waals surface area (Å²) in [5, 5.41) is 11.8. The van der Waals surface area contributed by atoms with E-state index in [0.717, 1.165) is 40.9 Å². The van der Waals surface area contributed by atoms with E-state index in [0.29, 0.717) is 19.8 Å². The van der Waals surface area contributed by atoms with Crippen LogP contribution in [0.2, 0.25) is 0 Å². The molecule has 4 amide bonds. The molecule has 14 heteroatoms. The first-order valence-corrected chi connectivity index (χ1v) is 23.6. The minimum Gasteiger partial charge on any atom is -0.454 e. The zero-order valence-electron chi connectivity index (χ0n) is 39.9. The Labute approximate surface area is 405 Å². The standard InChI is InChI=1S/C55H65N5O9/c1-38(2)48(58-54(64)67-36-43-21-13-7-14-22-43)51(61)56-46(33-40-17-9-5-10-18-40)50(69-53(63)45-27-25-42(26-28-45)35-60-29-31-66-32-30-60)47(34-41-19-11-6-12-20-41)57-52(62)49(39(3)4)59-55(65)68-37-44-23-15-8-16-24-44/h5-28,38-39,46-50H,29-37H2,1-4H3,(H,56,61)(H,57,62)(H,58,64)(H,59,65)/t46?,47?,48-,49-,50?/m0/s1. The number of ether oxygens (including phenoxy) is 4. The van der Waals surface area contributed by atoms with Gasteiger partial charge in [0.2, 0.25) is 11.8 Å². The predicted octanol–water partition coefficient (Wildman–Crippen LogP) is 7.40. The van der Waals surface area contributed by atoms with Crippen LogP contribution in [0.25, 0.3) is 0 Å². The SMILES string of the molecule is CC(C)[C@H](NC(=O)OCc1ccccc1)C(=O)NC(Cc1ccccc1)C(OC(=O)c1ccc(CN2CCOCC2)cc1)C(Cc1ccccc1)NC(=O)[C@@H](NC(=O)OCc1ccccc1)C(C)C. The van der Waals surface area contributed by atoms with Gasteiger partial charge in [0.15, 0.2) is 0 Å². The van der Waals surface area contributed by atoms with Crippen molar-refractivity contribution in [2.45, 2.75) is 90.6 Å². The van der Waals surface area contributed by atoms with E-state index in [4.69, 9.17) is 18.9 Å². The number of nitrogens with one attached hydrogen (secondary N) is 4. The molecule has 5 aromatic carbocycles. The third-order valence-corrected chi connectivity index (χ3v) is 11.9. The number of esters is 1. The number of alkyl carbamates (subject to hydrolysis) is 2. The minimum absolute atomic E-state index is 0.000197. The van der Waals surface area contributed by atoms with Crippen molar-refractivity contribution in [2.75, 3.05) is 26.3 Å². The van der Waals surface area contributed by atoms with E-state index in [1.807, 2.05) is 133 Å². The number of amides is 4. The molecule has 14 nitrogen and oxygen atoms in total. The Morgan fingerprint density at radius 2 is 0.899 bits per heavy atom. The van der Waals surface area contributed by atoms with E-state index in [2.05, 4.69) is 26.2 Å². The molecule has 1 aliphatic rings. The highest BCUT2D eigenvalue weighted by molar-refractivity contribution is 5.90. The van der Waals surface area contributed by atoms with Crippen molar-refractivity contribution in [2.24, 2.45) is 11.8 Å². The lowest BCUT2D eigenvalue weighted by atomic mass is 9.90. The molecule has 0 saturated carbocycles. The van der Waals surface area contributed by atoms with Crippen molar-refractivity contribution in [3.63, 3.8) is 0 Å². The van der Waals surface area contributed by atoms with Gasteiger partial charge in [0.25, 0.3) is 0 Å². The predicted molar refractivity (Wildman–Crippen MR) is 263 cm³/mol. The number of morpholine rings is 1. The number of benzene rings is 5. The molecule has 0 bridgehead atoms. The van der Waals surface area contributed by atoms with E-state index in [9.17, 15) is 24.0 Å². The zero-order valence-corrected chi connectivity index (χ0v) is 39.9. The van der Waals surface area contributed by atoms with Crippen LogP contribution in [-0.2, 0) is 61.1 Å². The van der Waals surface area contributed by atoms with Gasteiger partial charge in [-0.3, -0.25) is 14.5 Å². The van der Waals surface area contributed by atoms with Crippen molar-refractivity contribution in [3.8, 4) is 0 Å². The quantitative estimate of drug-likeness (QED) is 0.0405. The van der Waals surface area contributed by atoms with Gasteiger partial charge in [0.1, 0.15) is 31.4 Å². The molecule has 1 saturated heterocycles. The molecule has 4 N–H and O–H groups in total. The fraction of sp³-hybridized carbons (Fsp3) is 0.364. The van der Waals surface area contributed by atoms with Crippen LogP contribution < -0.4 is 21.3 Å². The van der Waals surface area contributed by atoms with E-state index >= 15 is 0 Å². The van der Waals surface area contributed by atoms with Crippen molar-refractivity contribution in [1.82, 2.24) is 26.2 Å². The van der Waals surface area contributed by atoms with Crippen molar-refractivity contribution in [3.05, 3.63) is 179 Å². The lowest BCUT2D eigenvalue weighted by Crippen LogP contribution is -2.62. The van der Waals surface area contributed by atoms with E-state index < -0.39 is 72.1 Å². The molecule has 6 rings (SSSR count). The molecule has 69 heavy (non-hydrogen) atoms. The van der Waals surface area contributed by atoms with Gasteiger partial charge in [0, 0.05) is 19.6 Å². The highest BCUT2D eigenvalue weighted by Gasteiger charge is 2.39. The Balaban J connectivity index is 1.34. The number of nitrogens with zero attached hydrogens (tertiary/aromatic N) is 1. The number of rotatable bonds is 22. The van der Waals surface area contributed by atoms with Gasteiger partial charge in [-0.25, -0.2) is 14.4 Å². The average molecular weight is 940 g/mol. The molecule has 0 aromatic heterocycles. The fourth-order valence-electron chi connectivity index (χ4n) is 8.03. The average Bonchev–Trinajstić information content (AvgIpc) is 3.36. The van der Waals surface area contributed by atoms with Gasteiger partial charge < -0.3 is 40.2 Å². The first-order valence-electron chi connectivity index (χ1n) is 23.6. The van der Waals surface area contributed by atoms with E-state index in [1.165, 1.54) is 0 Å². The second-order valence-electron chi connectivity index (χ2n) is 17.9. The number of hydrogen-bond donors (Lipinski definition) is 4. The van der Waals surface area contributed by atoms with E-state index in [1.54, 1.807) is 39.8 Å². The lowest BCUT2D eigenvalue weighted by molar-refractivity contribution is -0.127. The first-order chi connectivity index (χ1) is 33.4. The fourth-order valence-corrected chi connectivity index (χ4v) is 8.03. The topological polar surface area (TPSA) is 174 Å². The van der Waals surface area contributed by atoms with Gasteiger partial charge in [-0.05, 0) is 64.6 Å². The Kier molecular flexibility index (Phi) is 19.7. The summed E-state index contributed by atoms with van der Waals surface area (Å²) in [5.74, 6) is -2.58. The largest absolute Gasteiger partial charge is 0.454 e. The monoisotopic (exact) mass is 939 g/mol. The molecule has 5 aromatic rings. The van der Waals surface area contributed by atoms with Gasteiger partial charge in [-0.15, -0.1) is 0 Å². The summed E-state index contributed by atoms with van der Waals surface area (Å²) in [6, 6.07) is 40.3. The third-order valence-electron chi connectivity index (χ3n) is 11.9. The number of carbonyl (C=O) groups excluding carboxylic acids is 5. The van der Waals surface area contributed by atoms with Crippen molar-refractivity contribution < 1.29 is 42.9 Å². The maximum Gasteiger partial charge on any atom is 0.408 e. The Morgan fingerprint density at radius 1 is 0.507 bits per heavy atom. The molecular weight excluding hydrogens is 875 g/mol. The van der Waals surface area contributed by atoms with Crippen LogP contribution in [0.3, 0.4) is 0 Å². The summed E-state index contributed by atoms with van der Waals surface area (Å²) in [6.45, 7) is 10.8. The molecule has 4 atom stereocenters. The zero-order chi connectivity index (χ0) is 49.0. The Hall–Kier alpha value is -7.03. The van der Waals surface area contributed by atoms with Crippen LogP contribution in [0.5, 0.6) is 0 Å². The van der Waals surface area contributed by atoms with E-state index in [-0.39, 0.29) is 31.6 Å². The summed E-state index contributed by atoms with van der Waals surface area (Å²) in [6.07, 6.45) is -2.47. The number of carbonyl (C=O) groups is 5. The molecule has 1 aliphatic heterocycles. The van der Waals surface area contributed by atoms with Crippen molar-refractivity contribution in [1.29, 1.82) is 0 Å². The maximum absolute atomic E-state index is 14.7. The van der Waals surface area contributed by atoms with Crippen LogP contribution in [0, 0.1) is 11.8 Å². The molecule has 1 heterocycles. The van der Waals surface area contributed by atoms with Crippen LogP contribution in [0.1, 0.15) is 65.9 Å². The normalized spacial score (nSPS) is 14.9. The molecule has 1 fully saturated rings. The van der Waals surface area contributed by atoms with Crippen LogP contribution in [0.15, 0.2) is 146 Å². The smallest absolute Gasteiger partial charge is 0.408 e. The second-order valence-corrected chi connectivity index (χ2v) is 17.9. The van der Waals surface area contributed by atoms with Crippen LogP contribution in [0.4, 0.5) is 9.59 Å². The van der Waals surface area contributed by atoms with Crippen molar-refractivity contribution >= 4 is 30.0 Å². The molecule has 0 radical (unpaired) electrons. The summed E-state index contributed by atoms with van der Waals surface area (Å²) in [7, 11) is 0. The molecule has 2 unspecified atom stereocenters. The second kappa shape index (κ2) is 26.5. The highest BCUT2D eigenvalue weighted by atomic mass is 16.6. The van der Waals surface area contributed by atoms with Gasteiger partial charge in [0.05, 0.1) is 30.9 Å². The van der Waals surface area contributed by atoms with Gasteiger partial charge in [-0.1, -0.05) is 161 Å². The van der Waals surface area contributed by atoms with Gasteiger partial charge >= 0.3 is 18.2 Å². The molecule has 0 aliphatic carbocycles.